The van der Waals surface area contributed by atoms with Crippen LogP contribution >= 0.6 is 0 Å². The van der Waals surface area contributed by atoms with Crippen molar-refractivity contribution < 1.29 is 19.1 Å². The molecule has 0 radical (unpaired) electrons. The highest BCUT2D eigenvalue weighted by molar-refractivity contribution is 6.09. The van der Waals surface area contributed by atoms with Crippen molar-refractivity contribution in [2.45, 2.75) is 13.0 Å². The van der Waals surface area contributed by atoms with Crippen LogP contribution in [-0.4, -0.2) is 24.0 Å². The van der Waals surface area contributed by atoms with Gasteiger partial charge >= 0.3 is 5.97 Å². The average molecular weight is 427 g/mol. The highest BCUT2D eigenvalue weighted by atomic mass is 16.5. The number of amides is 1. The Morgan fingerprint density at radius 3 is 2.47 bits per heavy atom. The maximum Gasteiger partial charge on any atom is 0.333 e. The van der Waals surface area contributed by atoms with Crippen molar-refractivity contribution in [1.29, 1.82) is 0 Å². The van der Waals surface area contributed by atoms with Gasteiger partial charge in [0.1, 0.15) is 0 Å². The Morgan fingerprint density at radius 2 is 1.75 bits per heavy atom. The van der Waals surface area contributed by atoms with E-state index in [9.17, 15) is 14.8 Å². The molecule has 0 saturated heterocycles. The van der Waals surface area contributed by atoms with E-state index in [0.29, 0.717) is 38.0 Å². The number of pyridine rings is 2. The predicted molar refractivity (Wildman–Crippen MR) is 120 cm³/mol. The first-order valence-corrected chi connectivity index (χ1v) is 10.0. The molecule has 0 saturated carbocycles. The zero-order chi connectivity index (χ0) is 22.7. The molecule has 160 valence electrons. The smallest absolute Gasteiger partial charge is 0.333 e. The first kappa shape index (κ1) is 21.0. The fourth-order valence-electron chi connectivity index (χ4n) is 3.72. The van der Waals surface area contributed by atoms with Crippen LogP contribution in [0, 0.1) is 12.1 Å². The van der Waals surface area contributed by atoms with Crippen molar-refractivity contribution in [3.8, 4) is 11.3 Å². The molecule has 4 rings (SSSR count). The SMILES string of the molecule is COC(=O)C(NC(=O)c1c(C)c(-c2ccccc2)nc2ccccc12)c1ccc[n+]([O-])c1. The van der Waals surface area contributed by atoms with Crippen molar-refractivity contribution >= 4 is 22.8 Å². The summed E-state index contributed by atoms with van der Waals surface area (Å²) in [4.78, 5) is 30.8. The van der Waals surface area contributed by atoms with E-state index in [2.05, 4.69) is 5.32 Å². The Bertz CT molecular complexity index is 1310. The topological polar surface area (TPSA) is 95.2 Å². The number of rotatable bonds is 5. The standard InChI is InChI=1S/C25H21N3O4/c1-16-21(24(29)27-23(25(30)32-2)18-11-8-14-28(31)15-18)19-12-6-7-13-20(19)26-22(16)17-9-4-3-5-10-17/h3-15,23H,1-2H3,(H,27,29). The van der Waals surface area contributed by atoms with Crippen LogP contribution in [0.5, 0.6) is 0 Å². The fraction of sp³-hybridized carbons (Fsp3) is 0.120. The van der Waals surface area contributed by atoms with Gasteiger partial charge in [-0.1, -0.05) is 48.5 Å². The molecule has 0 fully saturated rings. The van der Waals surface area contributed by atoms with E-state index in [1.165, 1.54) is 25.6 Å². The molecule has 0 spiro atoms. The first-order chi connectivity index (χ1) is 15.5. The quantitative estimate of drug-likeness (QED) is 0.299. The Balaban J connectivity index is 1.83. The molecule has 0 aliphatic rings. The molecule has 2 aromatic carbocycles. The van der Waals surface area contributed by atoms with Gasteiger partial charge in [0.25, 0.3) is 5.91 Å². The number of aromatic nitrogens is 2. The molecule has 0 aliphatic heterocycles. The van der Waals surface area contributed by atoms with Gasteiger partial charge in [-0.05, 0) is 24.6 Å². The summed E-state index contributed by atoms with van der Waals surface area (Å²) < 4.78 is 5.44. The molecule has 7 nitrogen and oxygen atoms in total. The second kappa shape index (κ2) is 8.85. The van der Waals surface area contributed by atoms with E-state index in [1.54, 1.807) is 6.07 Å². The van der Waals surface area contributed by atoms with Crippen LogP contribution in [0.15, 0.2) is 79.1 Å². The monoisotopic (exact) mass is 427 g/mol. The van der Waals surface area contributed by atoms with E-state index in [4.69, 9.17) is 9.72 Å². The molecular weight excluding hydrogens is 406 g/mol. The Hall–Kier alpha value is -4.26. The van der Waals surface area contributed by atoms with Gasteiger partial charge in [0.05, 0.1) is 29.4 Å². The lowest BCUT2D eigenvalue weighted by Gasteiger charge is -2.19. The molecule has 1 atom stereocenters. The minimum Gasteiger partial charge on any atom is -0.619 e. The van der Waals surface area contributed by atoms with E-state index in [-0.39, 0.29) is 0 Å². The van der Waals surface area contributed by atoms with E-state index >= 15 is 0 Å². The molecular formula is C25H21N3O4. The van der Waals surface area contributed by atoms with Gasteiger partial charge in [0, 0.05) is 17.0 Å². The number of nitrogens with zero attached hydrogens (tertiary/aromatic N) is 2. The van der Waals surface area contributed by atoms with E-state index < -0.39 is 17.9 Å². The number of esters is 1. The summed E-state index contributed by atoms with van der Waals surface area (Å²) in [6.07, 6.45) is 2.53. The van der Waals surface area contributed by atoms with Crippen LogP contribution in [0.4, 0.5) is 0 Å². The number of carbonyl (C=O) groups excluding carboxylic acids is 2. The number of fused-ring (bicyclic) bond motifs is 1. The highest BCUT2D eigenvalue weighted by Gasteiger charge is 2.28. The zero-order valence-corrected chi connectivity index (χ0v) is 17.6. The van der Waals surface area contributed by atoms with Crippen LogP contribution < -0.4 is 10.0 Å². The Labute approximate surface area is 184 Å². The van der Waals surface area contributed by atoms with Gasteiger partial charge in [-0.25, -0.2) is 9.78 Å². The van der Waals surface area contributed by atoms with Crippen LogP contribution in [0.2, 0.25) is 0 Å². The fourth-order valence-corrected chi connectivity index (χ4v) is 3.72. The third-order valence-electron chi connectivity index (χ3n) is 5.25. The molecule has 1 unspecified atom stereocenters. The Kier molecular flexibility index (Phi) is 5.81. The third-order valence-corrected chi connectivity index (χ3v) is 5.25. The van der Waals surface area contributed by atoms with Crippen LogP contribution in [0.1, 0.15) is 27.5 Å². The number of benzene rings is 2. The minimum absolute atomic E-state index is 0.321. The second-order valence-corrected chi connectivity index (χ2v) is 7.27. The number of para-hydroxylation sites is 1. The van der Waals surface area contributed by atoms with Crippen LogP contribution in [0.25, 0.3) is 22.2 Å². The molecule has 4 aromatic rings. The number of ether oxygens (including phenoxy) is 1. The number of hydrogen-bond acceptors (Lipinski definition) is 5. The highest BCUT2D eigenvalue weighted by Crippen LogP contribution is 2.30. The van der Waals surface area contributed by atoms with Crippen molar-refractivity contribution in [2.24, 2.45) is 0 Å². The molecule has 2 heterocycles. The Morgan fingerprint density at radius 1 is 1.03 bits per heavy atom. The molecule has 0 aliphatic carbocycles. The number of carbonyl (C=O) groups is 2. The maximum atomic E-state index is 13.5. The summed E-state index contributed by atoms with van der Waals surface area (Å²) in [5.41, 5.74) is 3.64. The lowest BCUT2D eigenvalue weighted by Crippen LogP contribution is -2.37. The largest absolute Gasteiger partial charge is 0.619 e. The summed E-state index contributed by atoms with van der Waals surface area (Å²) in [5, 5.41) is 15.1. The summed E-state index contributed by atoms with van der Waals surface area (Å²) >= 11 is 0. The van der Waals surface area contributed by atoms with Crippen molar-refractivity contribution in [3.05, 3.63) is 101 Å². The van der Waals surface area contributed by atoms with Crippen LogP contribution in [-0.2, 0) is 9.53 Å². The van der Waals surface area contributed by atoms with Gasteiger partial charge < -0.3 is 15.3 Å². The lowest BCUT2D eigenvalue weighted by atomic mass is 9.96. The molecule has 1 N–H and O–H groups in total. The van der Waals surface area contributed by atoms with Gasteiger partial charge in [-0.3, -0.25) is 4.79 Å². The molecule has 32 heavy (non-hydrogen) atoms. The number of methoxy groups -OCH3 is 1. The van der Waals surface area contributed by atoms with Gasteiger partial charge in [-0.2, -0.15) is 4.73 Å². The summed E-state index contributed by atoms with van der Waals surface area (Å²) in [6.45, 7) is 1.83. The summed E-state index contributed by atoms with van der Waals surface area (Å²) in [7, 11) is 1.23. The lowest BCUT2D eigenvalue weighted by molar-refractivity contribution is -0.605. The van der Waals surface area contributed by atoms with Crippen molar-refractivity contribution in [2.75, 3.05) is 7.11 Å². The summed E-state index contributed by atoms with van der Waals surface area (Å²) in [5.74, 6) is -1.14. The molecule has 1 amide bonds. The normalized spacial score (nSPS) is 11.7. The van der Waals surface area contributed by atoms with Gasteiger partial charge in [0.15, 0.2) is 18.4 Å². The predicted octanol–water partition coefficient (Wildman–Crippen LogP) is 3.49. The van der Waals surface area contributed by atoms with E-state index in [1.807, 2.05) is 61.5 Å². The average Bonchev–Trinajstić information content (AvgIpc) is 2.82. The molecule has 7 heteroatoms. The van der Waals surface area contributed by atoms with Crippen molar-refractivity contribution in [1.82, 2.24) is 10.3 Å². The molecule has 0 bridgehead atoms. The maximum absolute atomic E-state index is 13.5. The third kappa shape index (κ3) is 4.00. The van der Waals surface area contributed by atoms with E-state index in [0.717, 1.165) is 5.56 Å². The first-order valence-electron chi connectivity index (χ1n) is 10.0. The molecule has 2 aromatic heterocycles. The summed E-state index contributed by atoms with van der Waals surface area (Å²) in [6, 6.07) is 18.9. The van der Waals surface area contributed by atoms with Crippen molar-refractivity contribution in [3.63, 3.8) is 0 Å². The van der Waals surface area contributed by atoms with Crippen LogP contribution in [0.3, 0.4) is 0 Å². The minimum atomic E-state index is -1.14. The number of nitrogens with one attached hydrogen (secondary N) is 1. The van der Waals surface area contributed by atoms with Gasteiger partial charge in [-0.15, -0.1) is 0 Å². The zero-order valence-electron chi connectivity index (χ0n) is 17.6. The van der Waals surface area contributed by atoms with Gasteiger partial charge in [0.2, 0.25) is 0 Å². The second-order valence-electron chi connectivity index (χ2n) is 7.27. The number of hydrogen-bond donors (Lipinski definition) is 1.